The molecule has 0 saturated carbocycles. The van der Waals surface area contributed by atoms with Crippen molar-refractivity contribution < 1.29 is 18.6 Å². The van der Waals surface area contributed by atoms with Crippen LogP contribution in [0, 0.1) is 11.6 Å². The molecule has 0 radical (unpaired) electrons. The van der Waals surface area contributed by atoms with Gasteiger partial charge in [-0.1, -0.05) is 0 Å². The summed E-state index contributed by atoms with van der Waals surface area (Å²) in [6, 6.07) is 2.70. The SMILES string of the molecule is CNC(CO)COc1cc(F)cc(F)c1. The van der Waals surface area contributed by atoms with Crippen LogP contribution in [0.3, 0.4) is 0 Å². The molecular weight excluding hydrogens is 204 g/mol. The molecule has 1 aromatic rings. The van der Waals surface area contributed by atoms with E-state index in [-0.39, 0.29) is 25.0 Å². The van der Waals surface area contributed by atoms with Gasteiger partial charge >= 0.3 is 0 Å². The Kier molecular flexibility index (Phi) is 4.45. The van der Waals surface area contributed by atoms with E-state index in [1.165, 1.54) is 0 Å². The summed E-state index contributed by atoms with van der Waals surface area (Å²) in [5.41, 5.74) is 0. The summed E-state index contributed by atoms with van der Waals surface area (Å²) in [6.45, 7) is 0.0458. The van der Waals surface area contributed by atoms with E-state index in [0.29, 0.717) is 0 Å². The second-order valence-corrected chi connectivity index (χ2v) is 3.08. The highest BCUT2D eigenvalue weighted by molar-refractivity contribution is 5.23. The van der Waals surface area contributed by atoms with E-state index in [4.69, 9.17) is 9.84 Å². The van der Waals surface area contributed by atoms with Crippen LogP contribution >= 0.6 is 0 Å². The van der Waals surface area contributed by atoms with E-state index in [1.54, 1.807) is 7.05 Å². The third-order valence-electron chi connectivity index (χ3n) is 1.92. The standard InChI is InChI=1S/C10H13F2NO2/c1-13-9(5-14)6-15-10-3-7(11)2-8(12)4-10/h2-4,9,13-14H,5-6H2,1H3. The van der Waals surface area contributed by atoms with E-state index in [9.17, 15) is 8.78 Å². The topological polar surface area (TPSA) is 41.5 Å². The van der Waals surface area contributed by atoms with Crippen molar-refractivity contribution in [3.8, 4) is 5.75 Å². The first-order chi connectivity index (χ1) is 7.15. The van der Waals surface area contributed by atoms with Gasteiger partial charge in [-0.05, 0) is 7.05 Å². The Hall–Kier alpha value is -1.20. The van der Waals surface area contributed by atoms with Crippen molar-refractivity contribution in [2.45, 2.75) is 6.04 Å². The second kappa shape index (κ2) is 5.63. The van der Waals surface area contributed by atoms with Gasteiger partial charge in [0.05, 0.1) is 12.6 Å². The highest BCUT2D eigenvalue weighted by Crippen LogP contribution is 2.15. The monoisotopic (exact) mass is 217 g/mol. The van der Waals surface area contributed by atoms with Crippen LogP contribution in [-0.2, 0) is 0 Å². The number of hydrogen-bond acceptors (Lipinski definition) is 3. The van der Waals surface area contributed by atoms with E-state index >= 15 is 0 Å². The lowest BCUT2D eigenvalue weighted by molar-refractivity contribution is 0.188. The van der Waals surface area contributed by atoms with Crippen LogP contribution in [0.5, 0.6) is 5.75 Å². The maximum atomic E-state index is 12.7. The highest BCUT2D eigenvalue weighted by atomic mass is 19.1. The molecule has 15 heavy (non-hydrogen) atoms. The number of rotatable bonds is 5. The van der Waals surface area contributed by atoms with E-state index in [2.05, 4.69) is 5.32 Å². The van der Waals surface area contributed by atoms with Gasteiger partial charge in [0.1, 0.15) is 24.0 Å². The minimum atomic E-state index is -0.685. The molecule has 0 heterocycles. The van der Waals surface area contributed by atoms with E-state index < -0.39 is 11.6 Å². The molecule has 2 N–H and O–H groups in total. The summed E-state index contributed by atoms with van der Waals surface area (Å²) in [6.07, 6.45) is 0. The number of halogens is 2. The highest BCUT2D eigenvalue weighted by Gasteiger charge is 2.06. The lowest BCUT2D eigenvalue weighted by Gasteiger charge is -2.14. The maximum Gasteiger partial charge on any atom is 0.129 e. The predicted octanol–water partition coefficient (Wildman–Crippen LogP) is 0.924. The van der Waals surface area contributed by atoms with Crippen molar-refractivity contribution in [3.63, 3.8) is 0 Å². The Morgan fingerprint density at radius 1 is 1.33 bits per heavy atom. The zero-order valence-corrected chi connectivity index (χ0v) is 8.34. The normalized spacial score (nSPS) is 12.5. The second-order valence-electron chi connectivity index (χ2n) is 3.08. The van der Waals surface area contributed by atoms with Crippen LogP contribution in [0.1, 0.15) is 0 Å². The molecule has 1 unspecified atom stereocenters. The van der Waals surface area contributed by atoms with Crippen molar-refractivity contribution in [2.75, 3.05) is 20.3 Å². The number of aliphatic hydroxyl groups is 1. The molecule has 0 bridgehead atoms. The zero-order valence-electron chi connectivity index (χ0n) is 8.34. The molecule has 1 aromatic carbocycles. The van der Waals surface area contributed by atoms with Gasteiger partial charge in [0.25, 0.3) is 0 Å². The van der Waals surface area contributed by atoms with Gasteiger partial charge in [-0.25, -0.2) is 8.78 Å². The van der Waals surface area contributed by atoms with Crippen molar-refractivity contribution in [3.05, 3.63) is 29.8 Å². The number of ether oxygens (including phenoxy) is 1. The van der Waals surface area contributed by atoms with Crippen LogP contribution in [-0.4, -0.2) is 31.4 Å². The van der Waals surface area contributed by atoms with Crippen LogP contribution in [0.2, 0.25) is 0 Å². The Labute approximate surface area is 86.7 Å². The minimum Gasteiger partial charge on any atom is -0.492 e. The van der Waals surface area contributed by atoms with Gasteiger partial charge in [0.2, 0.25) is 0 Å². The number of likely N-dealkylation sites (N-methyl/N-ethyl adjacent to an activating group) is 1. The first kappa shape index (κ1) is 11.9. The van der Waals surface area contributed by atoms with Crippen molar-refractivity contribution in [2.24, 2.45) is 0 Å². The molecule has 0 saturated heterocycles. The third-order valence-corrected chi connectivity index (χ3v) is 1.92. The first-order valence-corrected chi connectivity index (χ1v) is 4.52. The third kappa shape index (κ3) is 3.81. The molecule has 3 nitrogen and oxygen atoms in total. The van der Waals surface area contributed by atoms with Gasteiger partial charge in [-0.15, -0.1) is 0 Å². The Bertz CT molecular complexity index is 296. The quantitative estimate of drug-likeness (QED) is 0.770. The zero-order chi connectivity index (χ0) is 11.3. The van der Waals surface area contributed by atoms with Crippen molar-refractivity contribution in [1.82, 2.24) is 5.32 Å². The van der Waals surface area contributed by atoms with Crippen molar-refractivity contribution in [1.29, 1.82) is 0 Å². The maximum absolute atomic E-state index is 12.7. The molecular formula is C10H13F2NO2. The minimum absolute atomic E-state index is 0.103. The van der Waals surface area contributed by atoms with E-state index in [0.717, 1.165) is 18.2 Å². The largest absolute Gasteiger partial charge is 0.492 e. The van der Waals surface area contributed by atoms with Gasteiger partial charge in [0, 0.05) is 18.2 Å². The fraction of sp³-hybridized carbons (Fsp3) is 0.400. The molecule has 0 aromatic heterocycles. The average molecular weight is 217 g/mol. The molecule has 0 spiro atoms. The Morgan fingerprint density at radius 3 is 2.40 bits per heavy atom. The van der Waals surface area contributed by atoms with Gasteiger partial charge < -0.3 is 15.2 Å². The molecule has 84 valence electrons. The molecule has 0 amide bonds. The fourth-order valence-electron chi connectivity index (χ4n) is 1.04. The lowest BCUT2D eigenvalue weighted by Crippen LogP contribution is -2.34. The molecule has 0 aliphatic heterocycles. The van der Waals surface area contributed by atoms with Crippen molar-refractivity contribution >= 4 is 0 Å². The van der Waals surface area contributed by atoms with Crippen LogP contribution in [0.15, 0.2) is 18.2 Å². The fourth-order valence-corrected chi connectivity index (χ4v) is 1.04. The number of aliphatic hydroxyl groups excluding tert-OH is 1. The van der Waals surface area contributed by atoms with Gasteiger partial charge in [-0.2, -0.15) is 0 Å². The van der Waals surface area contributed by atoms with Crippen LogP contribution in [0.25, 0.3) is 0 Å². The molecule has 1 atom stereocenters. The first-order valence-electron chi connectivity index (χ1n) is 4.52. The van der Waals surface area contributed by atoms with Crippen LogP contribution < -0.4 is 10.1 Å². The summed E-state index contributed by atoms with van der Waals surface area (Å²) in [7, 11) is 1.66. The smallest absolute Gasteiger partial charge is 0.129 e. The molecule has 0 aliphatic rings. The van der Waals surface area contributed by atoms with E-state index in [1.807, 2.05) is 0 Å². The summed E-state index contributed by atoms with van der Waals surface area (Å²) >= 11 is 0. The number of nitrogens with one attached hydrogen (secondary N) is 1. The molecule has 0 aliphatic carbocycles. The number of benzene rings is 1. The van der Waals surface area contributed by atoms with Crippen LogP contribution in [0.4, 0.5) is 8.78 Å². The summed E-state index contributed by atoms with van der Waals surface area (Å²) in [4.78, 5) is 0. The predicted molar refractivity (Wildman–Crippen MR) is 51.8 cm³/mol. The summed E-state index contributed by atoms with van der Waals surface area (Å²) in [5, 5.41) is 11.6. The lowest BCUT2D eigenvalue weighted by atomic mass is 10.3. The van der Waals surface area contributed by atoms with Gasteiger partial charge in [-0.3, -0.25) is 0 Å². The molecule has 0 fully saturated rings. The summed E-state index contributed by atoms with van der Waals surface area (Å²) < 4.78 is 30.6. The average Bonchev–Trinajstić information content (AvgIpc) is 2.18. The molecule has 5 heteroatoms. The Balaban J connectivity index is 2.57. The number of hydrogen-bond donors (Lipinski definition) is 2. The summed E-state index contributed by atoms with van der Waals surface area (Å²) in [5.74, 6) is -1.26. The van der Waals surface area contributed by atoms with Gasteiger partial charge in [0.15, 0.2) is 0 Å². The molecule has 1 rings (SSSR count). The Morgan fingerprint density at radius 2 is 1.93 bits per heavy atom.